The van der Waals surface area contributed by atoms with E-state index in [0.717, 1.165) is 12.8 Å². The minimum absolute atomic E-state index is 0.494. The molecule has 0 saturated carbocycles. The Morgan fingerprint density at radius 3 is 2.90 bits per heavy atom. The highest BCUT2D eigenvalue weighted by atomic mass is 16.3. The predicted molar refractivity (Wildman–Crippen MR) is 40.5 cm³/mol. The van der Waals surface area contributed by atoms with E-state index in [-0.39, 0.29) is 0 Å². The number of nitrogens with one attached hydrogen (secondary N) is 1. The molecule has 56 valence electrons. The van der Waals surface area contributed by atoms with E-state index < -0.39 is 5.60 Å². The first-order chi connectivity index (χ1) is 4.66. The van der Waals surface area contributed by atoms with Crippen molar-refractivity contribution in [1.82, 2.24) is 5.32 Å². The van der Waals surface area contributed by atoms with E-state index in [4.69, 9.17) is 6.42 Å². The molecule has 0 aromatic carbocycles. The summed E-state index contributed by atoms with van der Waals surface area (Å²) in [7, 11) is 0. The van der Waals surface area contributed by atoms with Crippen molar-refractivity contribution >= 4 is 0 Å². The van der Waals surface area contributed by atoms with E-state index in [1.807, 2.05) is 0 Å². The minimum atomic E-state index is -0.882. The smallest absolute Gasteiger partial charge is 0.137 e. The van der Waals surface area contributed by atoms with Gasteiger partial charge in [0.2, 0.25) is 0 Å². The summed E-state index contributed by atoms with van der Waals surface area (Å²) in [5, 5.41) is 12.6. The van der Waals surface area contributed by atoms with E-state index in [1.165, 1.54) is 0 Å². The normalized spacial score (nSPS) is 40.7. The van der Waals surface area contributed by atoms with Gasteiger partial charge in [-0.2, -0.15) is 0 Å². The second-order valence-corrected chi connectivity index (χ2v) is 3.00. The highest BCUT2D eigenvalue weighted by Gasteiger charge is 2.28. The minimum Gasteiger partial charge on any atom is -0.376 e. The van der Waals surface area contributed by atoms with Crippen LogP contribution in [0.1, 0.15) is 19.8 Å². The van der Waals surface area contributed by atoms with Gasteiger partial charge in [0.15, 0.2) is 0 Å². The third-order valence-corrected chi connectivity index (χ3v) is 2.00. The summed E-state index contributed by atoms with van der Waals surface area (Å²) in [5.41, 5.74) is -0.882. The molecule has 0 aromatic rings. The van der Waals surface area contributed by atoms with Crippen molar-refractivity contribution in [2.75, 3.05) is 6.54 Å². The summed E-state index contributed by atoms with van der Waals surface area (Å²) in [5.74, 6) is 2.39. The molecular weight excluding hydrogens is 126 g/mol. The van der Waals surface area contributed by atoms with Crippen LogP contribution in [0.4, 0.5) is 0 Å². The molecule has 1 aliphatic heterocycles. The van der Waals surface area contributed by atoms with Gasteiger partial charge < -0.3 is 10.4 Å². The number of aliphatic hydroxyl groups is 1. The van der Waals surface area contributed by atoms with E-state index in [0.29, 0.717) is 12.6 Å². The molecule has 1 heterocycles. The van der Waals surface area contributed by atoms with Crippen LogP contribution < -0.4 is 5.32 Å². The molecule has 0 radical (unpaired) electrons. The Labute approximate surface area is 61.6 Å². The van der Waals surface area contributed by atoms with Crippen LogP contribution in [0.2, 0.25) is 0 Å². The van der Waals surface area contributed by atoms with Crippen LogP contribution in [0.3, 0.4) is 0 Å². The molecule has 2 unspecified atom stereocenters. The lowest BCUT2D eigenvalue weighted by Crippen LogP contribution is -2.48. The van der Waals surface area contributed by atoms with Crippen LogP contribution in [0.5, 0.6) is 0 Å². The van der Waals surface area contributed by atoms with Gasteiger partial charge >= 0.3 is 0 Å². The zero-order chi connectivity index (χ0) is 7.61. The first-order valence-corrected chi connectivity index (χ1v) is 3.60. The standard InChI is InChI=1S/C8H13NO/c1-3-8(10)5-4-7(2)9-6-8/h1,7,9-10H,4-6H2,2H3. The molecule has 0 bridgehead atoms. The van der Waals surface area contributed by atoms with Gasteiger partial charge in [0.1, 0.15) is 5.60 Å². The van der Waals surface area contributed by atoms with Crippen molar-refractivity contribution in [3.8, 4) is 12.3 Å². The van der Waals surface area contributed by atoms with Gasteiger partial charge in [-0.15, -0.1) is 6.42 Å². The summed E-state index contributed by atoms with van der Waals surface area (Å²) in [6.07, 6.45) is 6.82. The molecule has 2 atom stereocenters. The van der Waals surface area contributed by atoms with Gasteiger partial charge in [0.05, 0.1) is 0 Å². The van der Waals surface area contributed by atoms with Crippen LogP contribution in [0, 0.1) is 12.3 Å². The number of hydrogen-bond donors (Lipinski definition) is 2. The second kappa shape index (κ2) is 2.61. The number of hydrogen-bond acceptors (Lipinski definition) is 2. The second-order valence-electron chi connectivity index (χ2n) is 3.00. The summed E-state index contributed by atoms with van der Waals surface area (Å²) >= 11 is 0. The molecule has 1 fully saturated rings. The lowest BCUT2D eigenvalue weighted by Gasteiger charge is -2.31. The van der Waals surface area contributed by atoms with Gasteiger partial charge in [-0.05, 0) is 19.8 Å². The molecule has 2 N–H and O–H groups in total. The maximum Gasteiger partial charge on any atom is 0.137 e. The van der Waals surface area contributed by atoms with Crippen LogP contribution >= 0.6 is 0 Å². The topological polar surface area (TPSA) is 32.3 Å². The van der Waals surface area contributed by atoms with E-state index in [9.17, 15) is 5.11 Å². The number of piperidine rings is 1. The Morgan fingerprint density at radius 1 is 1.80 bits per heavy atom. The fourth-order valence-electron chi connectivity index (χ4n) is 1.11. The van der Waals surface area contributed by atoms with Gasteiger partial charge in [-0.1, -0.05) is 5.92 Å². The molecule has 0 amide bonds. The maximum atomic E-state index is 9.50. The molecule has 1 saturated heterocycles. The monoisotopic (exact) mass is 139 g/mol. The molecule has 0 spiro atoms. The summed E-state index contributed by atoms with van der Waals surface area (Å²) in [6, 6.07) is 0.494. The molecule has 0 aromatic heterocycles. The lowest BCUT2D eigenvalue weighted by molar-refractivity contribution is 0.0633. The molecule has 10 heavy (non-hydrogen) atoms. The Bertz CT molecular complexity index is 151. The Morgan fingerprint density at radius 2 is 2.50 bits per heavy atom. The van der Waals surface area contributed by atoms with Crippen molar-refractivity contribution in [2.24, 2.45) is 0 Å². The molecule has 0 aliphatic carbocycles. The summed E-state index contributed by atoms with van der Waals surface area (Å²) < 4.78 is 0. The fourth-order valence-corrected chi connectivity index (χ4v) is 1.11. The lowest BCUT2D eigenvalue weighted by atomic mass is 9.92. The predicted octanol–water partition coefficient (Wildman–Crippen LogP) is 0.123. The summed E-state index contributed by atoms with van der Waals surface area (Å²) in [6.45, 7) is 2.63. The van der Waals surface area contributed by atoms with Crippen LogP contribution in [0.25, 0.3) is 0 Å². The Kier molecular flexibility index (Phi) is 1.98. The van der Waals surface area contributed by atoms with Crippen molar-refractivity contribution in [3.63, 3.8) is 0 Å². The van der Waals surface area contributed by atoms with E-state index >= 15 is 0 Å². The molecular formula is C8H13NO. The average molecular weight is 139 g/mol. The number of β-amino-alcohol motifs (C(OH)–C–C–N with tert-alkyl or cyclic N) is 1. The van der Waals surface area contributed by atoms with Gasteiger partial charge in [0.25, 0.3) is 0 Å². The largest absolute Gasteiger partial charge is 0.376 e. The van der Waals surface area contributed by atoms with Crippen LogP contribution in [0.15, 0.2) is 0 Å². The Balaban J connectivity index is 2.48. The Hall–Kier alpha value is -0.520. The SMILES string of the molecule is C#CC1(O)CCC(C)NC1. The quantitative estimate of drug-likeness (QED) is 0.467. The summed E-state index contributed by atoms with van der Waals surface area (Å²) in [4.78, 5) is 0. The molecule has 1 aliphatic rings. The third-order valence-electron chi connectivity index (χ3n) is 2.00. The molecule has 2 heteroatoms. The van der Waals surface area contributed by atoms with Gasteiger partial charge in [-0.25, -0.2) is 0 Å². The highest BCUT2D eigenvalue weighted by Crippen LogP contribution is 2.17. The van der Waals surface area contributed by atoms with Crippen molar-refractivity contribution in [2.45, 2.75) is 31.4 Å². The van der Waals surface area contributed by atoms with Crippen molar-refractivity contribution in [1.29, 1.82) is 0 Å². The molecule has 1 rings (SSSR count). The zero-order valence-corrected chi connectivity index (χ0v) is 6.22. The van der Waals surface area contributed by atoms with Crippen LogP contribution in [-0.2, 0) is 0 Å². The van der Waals surface area contributed by atoms with Crippen molar-refractivity contribution < 1.29 is 5.11 Å². The average Bonchev–Trinajstić information content (AvgIpc) is 1.96. The fraction of sp³-hybridized carbons (Fsp3) is 0.750. The maximum absolute atomic E-state index is 9.50. The van der Waals surface area contributed by atoms with Gasteiger partial charge in [0, 0.05) is 12.6 Å². The zero-order valence-electron chi connectivity index (χ0n) is 6.22. The highest BCUT2D eigenvalue weighted by molar-refractivity contribution is 5.10. The molecule has 2 nitrogen and oxygen atoms in total. The number of terminal acetylenes is 1. The first kappa shape index (κ1) is 7.59. The van der Waals surface area contributed by atoms with Crippen LogP contribution in [-0.4, -0.2) is 23.3 Å². The third kappa shape index (κ3) is 1.50. The van der Waals surface area contributed by atoms with E-state index in [2.05, 4.69) is 18.2 Å². The van der Waals surface area contributed by atoms with Crippen molar-refractivity contribution in [3.05, 3.63) is 0 Å². The first-order valence-electron chi connectivity index (χ1n) is 3.60. The number of rotatable bonds is 0. The van der Waals surface area contributed by atoms with Gasteiger partial charge in [-0.3, -0.25) is 0 Å². The van der Waals surface area contributed by atoms with E-state index in [1.54, 1.807) is 0 Å².